The monoisotopic (exact) mass is 615 g/mol. The van der Waals surface area contributed by atoms with E-state index in [9.17, 15) is 19.8 Å². The second kappa shape index (κ2) is 12.3. The molecular formula is C30H31ClGaN4O4. The Kier molecular flexibility index (Phi) is 9.55. The zero-order valence-electron chi connectivity index (χ0n) is 22.9. The third kappa shape index (κ3) is 6.27. The minimum absolute atomic E-state index is 0. The standard InChI is InChI=1S/C30H30N4O4.ClH.Ga/c1-15-9-20-12-25-17(3)21(5-7-29(35)36)27(33-25)14-28-22(6-8-30(37)38)18(4)26(34-28)13-24-16(2)10-19(32-24)11-23(15)31-20;;/h9-14,31-32H,5-8H2,1-4H3,(H,35,36)(H,37,38);1H;. The van der Waals surface area contributed by atoms with Gasteiger partial charge in [0.05, 0.1) is 22.8 Å². The fraction of sp³-hybridized carbons (Fsp3) is 0.267. The van der Waals surface area contributed by atoms with Crippen molar-refractivity contribution in [3.05, 3.63) is 70.3 Å². The number of aryl methyl sites for hydroxylation is 2. The first-order valence-corrected chi connectivity index (χ1v) is 12.6. The van der Waals surface area contributed by atoms with Crippen LogP contribution in [0.25, 0.3) is 44.4 Å². The summed E-state index contributed by atoms with van der Waals surface area (Å²) in [4.78, 5) is 39.6. The molecule has 3 aromatic heterocycles. The number of hydrogen-bond acceptors (Lipinski definition) is 4. The molecule has 8 bridgehead atoms. The van der Waals surface area contributed by atoms with Gasteiger partial charge in [-0.15, -0.1) is 12.4 Å². The van der Waals surface area contributed by atoms with Crippen molar-refractivity contribution in [3.63, 3.8) is 0 Å². The molecule has 0 saturated heterocycles. The third-order valence-corrected chi connectivity index (χ3v) is 7.25. The summed E-state index contributed by atoms with van der Waals surface area (Å²) >= 11 is 0. The number of aromatic amines is 2. The molecular weight excluding hydrogens is 586 g/mol. The molecule has 0 fully saturated rings. The molecule has 0 atom stereocenters. The second-order valence-electron chi connectivity index (χ2n) is 9.98. The molecule has 3 aromatic rings. The number of fused-ring (bicyclic) bond motifs is 8. The van der Waals surface area contributed by atoms with Gasteiger partial charge in [0.25, 0.3) is 0 Å². The molecule has 0 spiro atoms. The van der Waals surface area contributed by atoms with Crippen LogP contribution in [-0.2, 0) is 9.59 Å². The van der Waals surface area contributed by atoms with Crippen LogP contribution in [0.3, 0.4) is 0 Å². The molecule has 10 heteroatoms. The van der Waals surface area contributed by atoms with Gasteiger partial charge in [-0.1, -0.05) is 0 Å². The second-order valence-corrected chi connectivity index (χ2v) is 9.98. The Morgan fingerprint density at radius 2 is 1.07 bits per heavy atom. The maximum atomic E-state index is 11.4. The summed E-state index contributed by atoms with van der Waals surface area (Å²) in [7, 11) is 0. The maximum Gasteiger partial charge on any atom is 0.303 e. The summed E-state index contributed by atoms with van der Waals surface area (Å²) in [6.07, 6.45) is 0.647. The van der Waals surface area contributed by atoms with Crippen LogP contribution in [-0.4, -0.2) is 61.9 Å². The summed E-state index contributed by atoms with van der Waals surface area (Å²) < 4.78 is 0. The van der Waals surface area contributed by atoms with Gasteiger partial charge in [0.2, 0.25) is 0 Å². The SMILES string of the molecule is CC1=C(CCC(=O)O)c2cc3nc(cc4[nH]c(cc4C)cc4[nH]c(cc1n2)cc4C)C(C)=C3CCC(=O)O.Cl.[Ga]. The van der Waals surface area contributed by atoms with Crippen LogP contribution < -0.4 is 0 Å². The summed E-state index contributed by atoms with van der Waals surface area (Å²) in [5, 5.41) is 18.7. The van der Waals surface area contributed by atoms with Crippen LogP contribution in [0.5, 0.6) is 0 Å². The molecule has 3 radical (unpaired) electrons. The molecule has 40 heavy (non-hydrogen) atoms. The number of halogens is 1. The van der Waals surface area contributed by atoms with Crippen LogP contribution in [0.4, 0.5) is 0 Å². The fourth-order valence-electron chi connectivity index (χ4n) is 5.10. The summed E-state index contributed by atoms with van der Waals surface area (Å²) in [6.45, 7) is 8.01. The number of carboxylic acids is 2. The van der Waals surface area contributed by atoms with E-state index in [0.29, 0.717) is 24.2 Å². The van der Waals surface area contributed by atoms with E-state index in [2.05, 4.69) is 35.1 Å². The molecule has 0 unspecified atom stereocenters. The minimum atomic E-state index is -0.873. The number of aromatic nitrogens is 4. The van der Waals surface area contributed by atoms with Crippen LogP contribution >= 0.6 is 12.4 Å². The van der Waals surface area contributed by atoms with Gasteiger partial charge in [0, 0.05) is 54.7 Å². The van der Waals surface area contributed by atoms with Gasteiger partial charge >= 0.3 is 11.9 Å². The number of aliphatic carboxylic acids is 2. The molecule has 0 aromatic carbocycles. The Labute approximate surface area is 251 Å². The Morgan fingerprint density at radius 3 is 1.55 bits per heavy atom. The number of nitrogens with one attached hydrogen (secondary N) is 2. The normalized spacial score (nSPS) is 12.7. The molecule has 2 aliphatic heterocycles. The number of rotatable bonds is 6. The van der Waals surface area contributed by atoms with Crippen LogP contribution in [0.1, 0.15) is 73.4 Å². The van der Waals surface area contributed by atoms with Crippen LogP contribution in [0.2, 0.25) is 0 Å². The van der Waals surface area contributed by atoms with E-state index in [1.165, 1.54) is 0 Å². The van der Waals surface area contributed by atoms with Crippen molar-refractivity contribution in [3.8, 4) is 0 Å². The quantitative estimate of drug-likeness (QED) is 0.232. The van der Waals surface area contributed by atoms with Crippen molar-refractivity contribution in [2.75, 3.05) is 0 Å². The van der Waals surface area contributed by atoms with Crippen molar-refractivity contribution >= 4 is 88.5 Å². The zero-order chi connectivity index (χ0) is 27.1. The average Bonchev–Trinajstić information content (AvgIpc) is 3.53. The Morgan fingerprint density at radius 1 is 0.650 bits per heavy atom. The van der Waals surface area contributed by atoms with Gasteiger partial charge in [-0.2, -0.15) is 0 Å². The van der Waals surface area contributed by atoms with Gasteiger partial charge in [-0.05, 0) is 110 Å². The molecule has 5 heterocycles. The van der Waals surface area contributed by atoms with Gasteiger partial charge in [-0.3, -0.25) is 9.59 Å². The van der Waals surface area contributed by atoms with Gasteiger partial charge in [0.15, 0.2) is 0 Å². The van der Waals surface area contributed by atoms with E-state index in [1.54, 1.807) is 0 Å². The summed E-state index contributed by atoms with van der Waals surface area (Å²) in [5.41, 5.74) is 12.4. The molecule has 0 aliphatic carbocycles. The summed E-state index contributed by atoms with van der Waals surface area (Å²) in [5.74, 6) is -1.75. The van der Waals surface area contributed by atoms with Crippen molar-refractivity contribution in [1.82, 2.24) is 19.9 Å². The molecule has 205 valence electrons. The zero-order valence-corrected chi connectivity index (χ0v) is 26.1. The molecule has 0 saturated carbocycles. The van der Waals surface area contributed by atoms with Gasteiger partial charge in [-0.25, -0.2) is 9.97 Å². The third-order valence-electron chi connectivity index (χ3n) is 7.25. The van der Waals surface area contributed by atoms with E-state index < -0.39 is 11.9 Å². The molecule has 5 rings (SSSR count). The van der Waals surface area contributed by atoms with Crippen LogP contribution in [0, 0.1) is 13.8 Å². The molecule has 4 N–H and O–H groups in total. The first kappa shape index (κ1) is 31.0. The Balaban J connectivity index is 0.00000220. The summed E-state index contributed by atoms with van der Waals surface area (Å²) in [6, 6.07) is 12.1. The Bertz CT molecular complexity index is 1730. The molecule has 2 aliphatic rings. The van der Waals surface area contributed by atoms with Crippen LogP contribution in [0.15, 0.2) is 36.4 Å². The van der Waals surface area contributed by atoms with Crippen molar-refractivity contribution in [2.45, 2.75) is 53.4 Å². The van der Waals surface area contributed by atoms with E-state index >= 15 is 0 Å². The number of nitrogens with zero attached hydrogens (tertiary/aromatic N) is 2. The predicted octanol–water partition coefficient (Wildman–Crippen LogP) is 6.56. The fourth-order valence-corrected chi connectivity index (χ4v) is 5.10. The number of carbonyl (C=O) groups is 2. The van der Waals surface area contributed by atoms with E-state index in [4.69, 9.17) is 9.97 Å². The van der Waals surface area contributed by atoms with Crippen molar-refractivity contribution in [1.29, 1.82) is 0 Å². The van der Waals surface area contributed by atoms with Crippen molar-refractivity contribution < 1.29 is 19.8 Å². The van der Waals surface area contributed by atoms with E-state index in [1.807, 2.05) is 39.0 Å². The first-order chi connectivity index (χ1) is 18.1. The topological polar surface area (TPSA) is 132 Å². The first-order valence-electron chi connectivity index (χ1n) is 12.6. The average molecular weight is 617 g/mol. The molecule has 0 amide bonds. The van der Waals surface area contributed by atoms with Gasteiger partial charge in [0.1, 0.15) is 0 Å². The number of allylic oxidation sites excluding steroid dienone is 4. The number of hydrogen-bond donors (Lipinski definition) is 4. The maximum absolute atomic E-state index is 11.4. The van der Waals surface area contributed by atoms with Crippen molar-refractivity contribution in [2.24, 2.45) is 0 Å². The molecule has 8 nitrogen and oxygen atoms in total. The van der Waals surface area contributed by atoms with E-state index in [0.717, 1.165) is 66.9 Å². The predicted molar refractivity (Wildman–Crippen MR) is 162 cm³/mol. The number of carboxylic acid groups (broad SMARTS) is 2. The van der Waals surface area contributed by atoms with E-state index in [-0.39, 0.29) is 45.0 Å². The van der Waals surface area contributed by atoms with Gasteiger partial charge < -0.3 is 20.2 Å². The number of H-pyrrole nitrogens is 2. The largest absolute Gasteiger partial charge is 0.481 e. The Hall–Kier alpha value is -3.53. The smallest absolute Gasteiger partial charge is 0.303 e. The minimum Gasteiger partial charge on any atom is -0.481 e.